The minimum Gasteiger partial charge on any atom is -0.380 e. The van der Waals surface area contributed by atoms with E-state index in [-0.39, 0.29) is 0 Å². The molecule has 0 saturated heterocycles. The number of aliphatic hydroxyl groups is 2. The lowest BCUT2D eigenvalue weighted by Crippen LogP contribution is -2.05. The summed E-state index contributed by atoms with van der Waals surface area (Å²) < 4.78 is 0. The molecule has 0 heterocycles. The molecule has 2 unspecified atom stereocenters. The van der Waals surface area contributed by atoms with Crippen molar-refractivity contribution in [3.8, 4) is 11.8 Å². The Morgan fingerprint density at radius 2 is 1.45 bits per heavy atom. The fourth-order valence-electron chi connectivity index (χ4n) is 2.06. The third-order valence-corrected chi connectivity index (χ3v) is 3.25. The molecule has 0 bridgehead atoms. The summed E-state index contributed by atoms with van der Waals surface area (Å²) in [5.74, 6) is 5.21. The van der Waals surface area contributed by atoms with Crippen molar-refractivity contribution < 1.29 is 10.2 Å². The van der Waals surface area contributed by atoms with E-state index in [1.807, 2.05) is 0 Å². The van der Waals surface area contributed by atoms with Gasteiger partial charge in [-0.1, -0.05) is 76.7 Å². The Bertz CT molecular complexity index is 318. The monoisotopic (exact) mass is 278 g/mol. The predicted octanol–water partition coefficient (Wildman–Crippen LogP) is 3.97. The average molecular weight is 278 g/mol. The van der Waals surface area contributed by atoms with Crippen molar-refractivity contribution >= 4 is 0 Å². The molecule has 0 radical (unpaired) electrons. The van der Waals surface area contributed by atoms with Crippen LogP contribution in [0.25, 0.3) is 0 Å². The molecule has 2 N–H and O–H groups in total. The second kappa shape index (κ2) is 14.4. The van der Waals surface area contributed by atoms with E-state index in [9.17, 15) is 10.2 Å². The van der Waals surface area contributed by atoms with E-state index in [0.717, 1.165) is 12.8 Å². The van der Waals surface area contributed by atoms with Crippen molar-refractivity contribution in [1.82, 2.24) is 0 Å². The molecule has 0 amide bonds. The van der Waals surface area contributed by atoms with Crippen LogP contribution in [-0.4, -0.2) is 22.4 Å². The highest BCUT2D eigenvalue weighted by Gasteiger charge is 2.00. The molecule has 2 heteroatoms. The van der Waals surface area contributed by atoms with Gasteiger partial charge in [-0.3, -0.25) is 0 Å². The van der Waals surface area contributed by atoms with E-state index < -0.39 is 12.2 Å². The predicted molar refractivity (Wildman–Crippen MR) is 85.3 cm³/mol. The summed E-state index contributed by atoms with van der Waals surface area (Å²) >= 11 is 0. The topological polar surface area (TPSA) is 40.5 Å². The zero-order valence-corrected chi connectivity index (χ0v) is 12.9. The van der Waals surface area contributed by atoms with E-state index in [1.165, 1.54) is 51.0 Å². The smallest absolute Gasteiger partial charge is 0.140 e. The minimum atomic E-state index is -0.870. The van der Waals surface area contributed by atoms with Gasteiger partial charge in [0.2, 0.25) is 0 Å². The van der Waals surface area contributed by atoms with Crippen LogP contribution in [0.5, 0.6) is 0 Å². The van der Waals surface area contributed by atoms with Crippen molar-refractivity contribution in [3.63, 3.8) is 0 Å². The first kappa shape index (κ1) is 19.0. The van der Waals surface area contributed by atoms with Gasteiger partial charge in [0.1, 0.15) is 12.2 Å². The highest BCUT2D eigenvalue weighted by Crippen LogP contribution is 2.11. The Morgan fingerprint density at radius 1 is 0.900 bits per heavy atom. The SMILES string of the molecule is C=C=CC(O)C#CC(O)CCCCCCCCCCC. The van der Waals surface area contributed by atoms with Crippen molar-refractivity contribution in [2.75, 3.05) is 0 Å². The van der Waals surface area contributed by atoms with Crippen LogP contribution in [0.3, 0.4) is 0 Å². The van der Waals surface area contributed by atoms with Gasteiger partial charge in [-0.05, 0) is 18.9 Å². The van der Waals surface area contributed by atoms with Crippen LogP contribution < -0.4 is 0 Å². The van der Waals surface area contributed by atoms with Gasteiger partial charge in [0, 0.05) is 0 Å². The quantitative estimate of drug-likeness (QED) is 0.341. The number of aliphatic hydroxyl groups excluding tert-OH is 2. The molecule has 2 atom stereocenters. The van der Waals surface area contributed by atoms with Crippen LogP contribution in [-0.2, 0) is 0 Å². The second-order valence-corrected chi connectivity index (χ2v) is 5.24. The van der Waals surface area contributed by atoms with Gasteiger partial charge in [0.25, 0.3) is 0 Å². The maximum Gasteiger partial charge on any atom is 0.140 e. The van der Waals surface area contributed by atoms with Crippen LogP contribution in [0.2, 0.25) is 0 Å². The highest BCUT2D eigenvalue weighted by molar-refractivity contribution is 5.14. The number of hydrogen-bond donors (Lipinski definition) is 2. The normalized spacial score (nSPS) is 12.9. The highest BCUT2D eigenvalue weighted by atomic mass is 16.3. The second-order valence-electron chi connectivity index (χ2n) is 5.24. The summed E-state index contributed by atoms with van der Waals surface area (Å²) in [5, 5.41) is 18.9. The number of rotatable bonds is 11. The van der Waals surface area contributed by atoms with Crippen molar-refractivity contribution in [3.05, 3.63) is 18.4 Å². The Hall–Kier alpha value is -1.00. The fraction of sp³-hybridized carbons (Fsp3) is 0.722. The third-order valence-electron chi connectivity index (χ3n) is 3.25. The molecule has 0 aromatic rings. The molecule has 0 aliphatic rings. The fourth-order valence-corrected chi connectivity index (χ4v) is 2.06. The molecule has 0 aromatic carbocycles. The Kier molecular flexibility index (Phi) is 13.7. The van der Waals surface area contributed by atoms with Crippen molar-refractivity contribution in [1.29, 1.82) is 0 Å². The molecule has 0 fully saturated rings. The van der Waals surface area contributed by atoms with Crippen LogP contribution in [0.1, 0.15) is 71.1 Å². The molecular formula is C18H30O2. The van der Waals surface area contributed by atoms with Gasteiger partial charge in [0.05, 0.1) is 0 Å². The lowest BCUT2D eigenvalue weighted by molar-refractivity contribution is 0.215. The minimum absolute atomic E-state index is 0.632. The maximum absolute atomic E-state index is 9.63. The van der Waals surface area contributed by atoms with Gasteiger partial charge in [-0.25, -0.2) is 0 Å². The van der Waals surface area contributed by atoms with Crippen molar-refractivity contribution in [2.24, 2.45) is 0 Å². The summed E-state index contributed by atoms with van der Waals surface area (Å²) in [6.45, 7) is 5.60. The molecule has 20 heavy (non-hydrogen) atoms. The zero-order chi connectivity index (χ0) is 15.1. The number of hydrogen-bond acceptors (Lipinski definition) is 2. The van der Waals surface area contributed by atoms with Crippen LogP contribution >= 0.6 is 0 Å². The first-order valence-corrected chi connectivity index (χ1v) is 7.93. The van der Waals surface area contributed by atoms with E-state index in [1.54, 1.807) is 0 Å². The first-order valence-electron chi connectivity index (χ1n) is 7.93. The molecule has 2 nitrogen and oxygen atoms in total. The molecule has 0 rings (SSSR count). The molecule has 0 aromatic heterocycles. The lowest BCUT2D eigenvalue weighted by Gasteiger charge is -2.04. The van der Waals surface area contributed by atoms with Gasteiger partial charge in [-0.15, -0.1) is 5.73 Å². The van der Waals surface area contributed by atoms with E-state index in [4.69, 9.17) is 0 Å². The zero-order valence-electron chi connectivity index (χ0n) is 12.9. The molecule has 0 aliphatic heterocycles. The Morgan fingerprint density at radius 3 is 2.00 bits per heavy atom. The molecule has 0 aliphatic carbocycles. The molecule has 0 spiro atoms. The van der Waals surface area contributed by atoms with Gasteiger partial charge >= 0.3 is 0 Å². The van der Waals surface area contributed by atoms with Gasteiger partial charge < -0.3 is 10.2 Å². The van der Waals surface area contributed by atoms with E-state index in [2.05, 4.69) is 31.1 Å². The van der Waals surface area contributed by atoms with E-state index >= 15 is 0 Å². The number of unbranched alkanes of at least 4 members (excludes halogenated alkanes) is 8. The van der Waals surface area contributed by atoms with Gasteiger partial charge in [-0.2, -0.15) is 0 Å². The summed E-state index contributed by atoms with van der Waals surface area (Å²) in [6.07, 6.45) is 12.0. The third kappa shape index (κ3) is 13.4. The lowest BCUT2D eigenvalue weighted by atomic mass is 10.1. The average Bonchev–Trinajstić information content (AvgIpc) is 2.43. The summed E-state index contributed by atoms with van der Waals surface area (Å²) in [5.41, 5.74) is 2.47. The van der Waals surface area contributed by atoms with E-state index in [0.29, 0.717) is 6.42 Å². The Labute approximate surface area is 124 Å². The van der Waals surface area contributed by atoms with Crippen molar-refractivity contribution in [2.45, 2.75) is 83.3 Å². The molecule has 0 saturated carbocycles. The molecular weight excluding hydrogens is 248 g/mol. The Balaban J connectivity index is 3.43. The van der Waals surface area contributed by atoms with Crippen LogP contribution in [0, 0.1) is 11.8 Å². The summed E-state index contributed by atoms with van der Waals surface area (Å²) in [4.78, 5) is 0. The standard InChI is InChI=1S/C18H30O2/c1-3-5-6-7-8-9-10-11-12-14-18(20)16-15-17(19)13-4-2/h13,17-20H,2-3,5-12,14H2,1H3. The summed E-state index contributed by atoms with van der Waals surface area (Å²) in [7, 11) is 0. The van der Waals surface area contributed by atoms with Gasteiger partial charge in [0.15, 0.2) is 0 Å². The van der Waals surface area contributed by atoms with Crippen LogP contribution in [0.4, 0.5) is 0 Å². The first-order chi connectivity index (χ1) is 9.70. The largest absolute Gasteiger partial charge is 0.380 e. The summed E-state index contributed by atoms with van der Waals surface area (Å²) in [6, 6.07) is 0. The van der Waals surface area contributed by atoms with Crippen LogP contribution in [0.15, 0.2) is 18.4 Å². The maximum atomic E-state index is 9.63. The molecule has 114 valence electrons.